The van der Waals surface area contributed by atoms with Crippen molar-refractivity contribution < 1.29 is 9.53 Å². The first-order valence-electron chi connectivity index (χ1n) is 3.06. The van der Waals surface area contributed by atoms with Crippen LogP contribution >= 0.6 is 22.6 Å². The highest BCUT2D eigenvalue weighted by atomic mass is 127. The quantitative estimate of drug-likeness (QED) is 0.414. The lowest BCUT2D eigenvalue weighted by molar-refractivity contribution is -0.144. The molecule has 0 bridgehead atoms. The van der Waals surface area contributed by atoms with Gasteiger partial charge in [-0.15, -0.1) is 0 Å². The first-order valence-corrected chi connectivity index (χ1v) is 4.31. The largest absolute Gasteiger partial charge is 0.466 e. The minimum Gasteiger partial charge on any atom is -0.466 e. The first-order chi connectivity index (χ1) is 4.25. The van der Waals surface area contributed by atoms with Crippen molar-refractivity contribution in [1.29, 1.82) is 0 Å². The Labute approximate surface area is 68.1 Å². The highest BCUT2D eigenvalue weighted by Gasteiger charge is 2.42. The van der Waals surface area contributed by atoms with Crippen LogP contribution in [-0.2, 0) is 9.53 Å². The molecule has 0 aliphatic heterocycles. The number of alkyl halides is 1. The van der Waals surface area contributed by atoms with Crippen molar-refractivity contribution in [2.45, 2.75) is 17.3 Å². The second-order valence-electron chi connectivity index (χ2n) is 2.11. The summed E-state index contributed by atoms with van der Waals surface area (Å²) in [6, 6.07) is 0. The molecule has 0 N–H and O–H groups in total. The third kappa shape index (κ3) is 1.81. The molecule has 1 aliphatic rings. The van der Waals surface area contributed by atoms with E-state index < -0.39 is 0 Å². The number of ether oxygens (including phenoxy) is 1. The number of hydrogen-bond acceptors (Lipinski definition) is 2. The molecule has 9 heavy (non-hydrogen) atoms. The molecule has 3 heteroatoms. The monoisotopic (exact) mass is 240 g/mol. The molecule has 0 aromatic rings. The lowest BCUT2D eigenvalue weighted by atomic mass is 10.4. The molecule has 0 spiro atoms. The van der Waals surface area contributed by atoms with Gasteiger partial charge >= 0.3 is 5.97 Å². The van der Waals surface area contributed by atoms with Gasteiger partial charge in [-0.2, -0.15) is 0 Å². The summed E-state index contributed by atoms with van der Waals surface area (Å²) in [5, 5.41) is 0. The topological polar surface area (TPSA) is 26.3 Å². The fraction of sp³-hybridized carbons (Fsp3) is 0.833. The van der Waals surface area contributed by atoms with E-state index in [1.54, 1.807) is 0 Å². The molecule has 1 aliphatic carbocycles. The molecule has 1 rings (SSSR count). The second-order valence-corrected chi connectivity index (χ2v) is 3.71. The fourth-order valence-corrected chi connectivity index (χ4v) is 1.50. The van der Waals surface area contributed by atoms with E-state index in [1.807, 2.05) is 6.92 Å². The lowest BCUT2D eigenvalue weighted by Crippen LogP contribution is -2.06. The van der Waals surface area contributed by atoms with Gasteiger partial charge < -0.3 is 4.74 Å². The van der Waals surface area contributed by atoms with Gasteiger partial charge in [0.05, 0.1) is 12.5 Å². The van der Waals surface area contributed by atoms with Crippen molar-refractivity contribution in [3.63, 3.8) is 0 Å². The van der Waals surface area contributed by atoms with Crippen LogP contribution in [0.5, 0.6) is 0 Å². The van der Waals surface area contributed by atoms with Crippen LogP contribution in [0, 0.1) is 5.92 Å². The number of rotatable bonds is 2. The Bertz CT molecular complexity index is 124. The van der Waals surface area contributed by atoms with E-state index in [4.69, 9.17) is 4.74 Å². The van der Waals surface area contributed by atoms with Crippen molar-refractivity contribution in [3.8, 4) is 0 Å². The van der Waals surface area contributed by atoms with Crippen molar-refractivity contribution in [1.82, 2.24) is 0 Å². The Hall–Kier alpha value is 0.200. The highest BCUT2D eigenvalue weighted by molar-refractivity contribution is 14.1. The number of halogens is 1. The van der Waals surface area contributed by atoms with E-state index in [2.05, 4.69) is 22.6 Å². The van der Waals surface area contributed by atoms with Crippen LogP contribution in [-0.4, -0.2) is 16.5 Å². The Balaban J connectivity index is 2.20. The highest BCUT2D eigenvalue weighted by Crippen LogP contribution is 2.38. The van der Waals surface area contributed by atoms with E-state index in [-0.39, 0.29) is 11.9 Å². The standard InChI is InChI=1S/C6H9IO2/c1-2-9-6(8)4-3-5(4)7/h4-5H,2-3H2,1H3/t4-,5+/m1/s1. The van der Waals surface area contributed by atoms with Crippen molar-refractivity contribution in [3.05, 3.63) is 0 Å². The predicted molar refractivity (Wildman–Crippen MR) is 42.5 cm³/mol. The smallest absolute Gasteiger partial charge is 0.310 e. The van der Waals surface area contributed by atoms with E-state index in [1.165, 1.54) is 0 Å². The van der Waals surface area contributed by atoms with E-state index in [0.29, 0.717) is 10.5 Å². The predicted octanol–water partition coefficient (Wildman–Crippen LogP) is 1.37. The zero-order valence-electron chi connectivity index (χ0n) is 5.26. The third-order valence-electron chi connectivity index (χ3n) is 1.30. The summed E-state index contributed by atoms with van der Waals surface area (Å²) in [5.41, 5.74) is 0. The number of carbonyl (C=O) groups is 1. The maximum absolute atomic E-state index is 10.8. The maximum atomic E-state index is 10.8. The normalized spacial score (nSPS) is 31.8. The van der Waals surface area contributed by atoms with Gasteiger partial charge in [0.15, 0.2) is 0 Å². The molecule has 0 heterocycles. The summed E-state index contributed by atoms with van der Waals surface area (Å²) < 4.78 is 5.34. The lowest BCUT2D eigenvalue weighted by Gasteiger charge is -1.96. The van der Waals surface area contributed by atoms with Crippen LogP contribution in [0.4, 0.5) is 0 Å². The first kappa shape index (κ1) is 7.31. The summed E-state index contributed by atoms with van der Waals surface area (Å²) in [4.78, 5) is 10.8. The van der Waals surface area contributed by atoms with Gasteiger partial charge in [-0.25, -0.2) is 0 Å². The van der Waals surface area contributed by atoms with E-state index in [0.717, 1.165) is 6.42 Å². The van der Waals surface area contributed by atoms with Gasteiger partial charge in [-0.05, 0) is 13.3 Å². The van der Waals surface area contributed by atoms with Crippen LogP contribution in [0.2, 0.25) is 0 Å². The summed E-state index contributed by atoms with van der Waals surface area (Å²) in [6.45, 7) is 2.35. The van der Waals surface area contributed by atoms with Gasteiger partial charge in [0.2, 0.25) is 0 Å². The van der Waals surface area contributed by atoms with Gasteiger partial charge in [-0.3, -0.25) is 4.79 Å². The van der Waals surface area contributed by atoms with Crippen molar-refractivity contribution >= 4 is 28.6 Å². The number of hydrogen-bond donors (Lipinski definition) is 0. The molecular formula is C6H9IO2. The van der Waals surface area contributed by atoms with Gasteiger partial charge in [0.1, 0.15) is 0 Å². The molecule has 0 aromatic carbocycles. The number of carbonyl (C=O) groups excluding carboxylic acids is 1. The van der Waals surface area contributed by atoms with E-state index in [9.17, 15) is 4.79 Å². The molecule has 0 amide bonds. The van der Waals surface area contributed by atoms with E-state index >= 15 is 0 Å². The van der Waals surface area contributed by atoms with Crippen LogP contribution in [0.3, 0.4) is 0 Å². The molecule has 0 saturated heterocycles. The SMILES string of the molecule is CCOC(=O)[C@@H]1C[C@@H]1I. The van der Waals surface area contributed by atoms with Crippen LogP contribution in [0.15, 0.2) is 0 Å². The molecule has 52 valence electrons. The number of esters is 1. The summed E-state index contributed by atoms with van der Waals surface area (Å²) in [5.74, 6) is 0.197. The third-order valence-corrected chi connectivity index (χ3v) is 2.68. The van der Waals surface area contributed by atoms with Gasteiger partial charge in [0.25, 0.3) is 0 Å². The molecule has 2 atom stereocenters. The second kappa shape index (κ2) is 2.86. The molecule has 1 fully saturated rings. The molecule has 0 aromatic heterocycles. The van der Waals surface area contributed by atoms with Crippen LogP contribution in [0.1, 0.15) is 13.3 Å². The summed E-state index contributed by atoms with van der Waals surface area (Å²) in [7, 11) is 0. The Kier molecular flexibility index (Phi) is 2.32. The van der Waals surface area contributed by atoms with Gasteiger partial charge in [-0.1, -0.05) is 22.6 Å². The molecule has 0 unspecified atom stereocenters. The van der Waals surface area contributed by atoms with Crippen molar-refractivity contribution in [2.75, 3.05) is 6.61 Å². The fourth-order valence-electron chi connectivity index (χ4n) is 0.657. The zero-order valence-corrected chi connectivity index (χ0v) is 7.42. The zero-order chi connectivity index (χ0) is 6.85. The average Bonchev–Trinajstić information content (AvgIpc) is 2.47. The summed E-state index contributed by atoms with van der Waals surface area (Å²) >= 11 is 2.27. The Morgan fingerprint density at radius 2 is 2.44 bits per heavy atom. The average molecular weight is 240 g/mol. The Morgan fingerprint density at radius 1 is 1.89 bits per heavy atom. The molecular weight excluding hydrogens is 231 g/mol. The molecule has 2 nitrogen and oxygen atoms in total. The van der Waals surface area contributed by atoms with Crippen molar-refractivity contribution in [2.24, 2.45) is 5.92 Å². The van der Waals surface area contributed by atoms with Crippen LogP contribution in [0.25, 0.3) is 0 Å². The minimum absolute atomic E-state index is 0.0168. The summed E-state index contributed by atoms with van der Waals surface area (Å²) in [6.07, 6.45) is 1.01. The van der Waals surface area contributed by atoms with Crippen LogP contribution < -0.4 is 0 Å². The molecule has 0 radical (unpaired) electrons. The Morgan fingerprint density at radius 3 is 2.78 bits per heavy atom. The molecule has 1 saturated carbocycles. The van der Waals surface area contributed by atoms with Gasteiger partial charge in [0, 0.05) is 3.92 Å². The minimum atomic E-state index is -0.0168. The maximum Gasteiger partial charge on any atom is 0.310 e.